The van der Waals surface area contributed by atoms with Crippen molar-refractivity contribution >= 4 is 23.5 Å². The van der Waals surface area contributed by atoms with Crippen LogP contribution < -0.4 is 5.32 Å². The SMILES string of the molecule is CCC1(C)C(=O)NC(=O)N1Cc1ccc(C)cc1Cl. The molecular weight excluding hydrogens is 264 g/mol. The molecule has 0 saturated carbocycles. The lowest BCUT2D eigenvalue weighted by molar-refractivity contribution is -0.126. The molecule has 0 bridgehead atoms. The van der Waals surface area contributed by atoms with Crippen molar-refractivity contribution in [1.29, 1.82) is 0 Å². The van der Waals surface area contributed by atoms with Crippen LogP contribution >= 0.6 is 11.6 Å². The van der Waals surface area contributed by atoms with Gasteiger partial charge in [0.15, 0.2) is 0 Å². The highest BCUT2D eigenvalue weighted by Crippen LogP contribution is 2.29. The zero-order chi connectivity index (χ0) is 14.2. The van der Waals surface area contributed by atoms with E-state index in [4.69, 9.17) is 11.6 Å². The molecule has 1 aliphatic rings. The van der Waals surface area contributed by atoms with E-state index in [9.17, 15) is 9.59 Å². The van der Waals surface area contributed by atoms with E-state index in [1.54, 1.807) is 11.8 Å². The predicted octanol–water partition coefficient (Wildman–Crippen LogP) is 2.87. The van der Waals surface area contributed by atoms with Gasteiger partial charge >= 0.3 is 6.03 Å². The lowest BCUT2D eigenvalue weighted by Gasteiger charge is -2.31. The summed E-state index contributed by atoms with van der Waals surface area (Å²) >= 11 is 6.19. The fraction of sp³-hybridized carbons (Fsp3) is 0.429. The normalized spacial score (nSPS) is 22.8. The first-order chi connectivity index (χ1) is 8.88. The van der Waals surface area contributed by atoms with Gasteiger partial charge in [0.05, 0.1) is 0 Å². The molecule has 1 atom stereocenters. The third kappa shape index (κ3) is 2.32. The highest BCUT2D eigenvalue weighted by Gasteiger charge is 2.47. The quantitative estimate of drug-likeness (QED) is 0.866. The van der Waals surface area contributed by atoms with Crippen molar-refractivity contribution in [1.82, 2.24) is 10.2 Å². The third-order valence-electron chi connectivity index (χ3n) is 3.78. The van der Waals surface area contributed by atoms with Crippen LogP contribution in [-0.4, -0.2) is 22.4 Å². The fourth-order valence-corrected chi connectivity index (χ4v) is 2.49. The molecular formula is C14H17ClN2O2. The van der Waals surface area contributed by atoms with Crippen molar-refractivity contribution in [3.63, 3.8) is 0 Å². The lowest BCUT2D eigenvalue weighted by Crippen LogP contribution is -2.46. The number of nitrogens with one attached hydrogen (secondary N) is 1. The smallest absolute Gasteiger partial charge is 0.306 e. The molecule has 1 aromatic carbocycles. The summed E-state index contributed by atoms with van der Waals surface area (Å²) in [4.78, 5) is 25.3. The maximum atomic E-state index is 11.9. The topological polar surface area (TPSA) is 49.4 Å². The molecule has 102 valence electrons. The van der Waals surface area contributed by atoms with E-state index in [0.717, 1.165) is 11.1 Å². The Balaban J connectivity index is 2.31. The van der Waals surface area contributed by atoms with E-state index >= 15 is 0 Å². The van der Waals surface area contributed by atoms with E-state index in [-0.39, 0.29) is 11.9 Å². The molecule has 0 aliphatic carbocycles. The summed E-state index contributed by atoms with van der Waals surface area (Å²) in [5.74, 6) is -0.247. The zero-order valence-electron chi connectivity index (χ0n) is 11.3. The molecule has 0 radical (unpaired) electrons. The molecule has 2 rings (SSSR count). The fourth-order valence-electron chi connectivity index (χ4n) is 2.19. The predicted molar refractivity (Wildman–Crippen MR) is 74.0 cm³/mol. The molecule has 4 nitrogen and oxygen atoms in total. The molecule has 1 unspecified atom stereocenters. The maximum absolute atomic E-state index is 11.9. The van der Waals surface area contributed by atoms with Gasteiger partial charge in [-0.25, -0.2) is 4.79 Å². The van der Waals surface area contributed by atoms with Gasteiger partial charge in [-0.1, -0.05) is 30.7 Å². The van der Waals surface area contributed by atoms with Crippen LogP contribution in [0.3, 0.4) is 0 Å². The van der Waals surface area contributed by atoms with Gasteiger partial charge in [0.2, 0.25) is 0 Å². The number of nitrogens with zero attached hydrogens (tertiary/aromatic N) is 1. The van der Waals surface area contributed by atoms with Crippen LogP contribution in [0.15, 0.2) is 18.2 Å². The van der Waals surface area contributed by atoms with Crippen LogP contribution in [0.5, 0.6) is 0 Å². The lowest BCUT2D eigenvalue weighted by atomic mass is 9.97. The minimum atomic E-state index is -0.800. The second-order valence-electron chi connectivity index (χ2n) is 5.07. The summed E-state index contributed by atoms with van der Waals surface area (Å²) in [5.41, 5.74) is 1.11. The van der Waals surface area contributed by atoms with Gasteiger partial charge in [-0.3, -0.25) is 10.1 Å². The van der Waals surface area contributed by atoms with Gasteiger partial charge in [0, 0.05) is 11.6 Å². The van der Waals surface area contributed by atoms with Crippen LogP contribution in [0, 0.1) is 6.92 Å². The number of halogens is 1. The second kappa shape index (κ2) is 4.85. The van der Waals surface area contributed by atoms with Crippen molar-refractivity contribution in [2.45, 2.75) is 39.3 Å². The van der Waals surface area contributed by atoms with Crippen LogP contribution in [0.1, 0.15) is 31.4 Å². The number of urea groups is 1. The van der Waals surface area contributed by atoms with Crippen molar-refractivity contribution in [3.05, 3.63) is 34.3 Å². The average molecular weight is 281 g/mol. The summed E-state index contributed by atoms with van der Waals surface area (Å²) < 4.78 is 0. The van der Waals surface area contributed by atoms with Crippen LogP contribution in [0.4, 0.5) is 4.79 Å². The second-order valence-corrected chi connectivity index (χ2v) is 5.47. The summed E-state index contributed by atoms with van der Waals surface area (Å²) in [5, 5.41) is 2.98. The van der Waals surface area contributed by atoms with Crippen LogP contribution in [0.25, 0.3) is 0 Å². The van der Waals surface area contributed by atoms with Crippen molar-refractivity contribution < 1.29 is 9.59 Å². The molecule has 0 aromatic heterocycles. The molecule has 1 fully saturated rings. The van der Waals surface area contributed by atoms with Crippen molar-refractivity contribution in [3.8, 4) is 0 Å². The number of benzene rings is 1. The van der Waals surface area contributed by atoms with E-state index in [1.165, 1.54) is 0 Å². The molecule has 1 aromatic rings. The van der Waals surface area contributed by atoms with E-state index in [2.05, 4.69) is 5.32 Å². The number of amides is 3. The Hall–Kier alpha value is -1.55. The number of hydrogen-bond acceptors (Lipinski definition) is 2. The van der Waals surface area contributed by atoms with Gasteiger partial charge in [0.1, 0.15) is 5.54 Å². The Bertz CT molecular complexity index is 544. The average Bonchev–Trinajstić information content (AvgIpc) is 2.56. The van der Waals surface area contributed by atoms with E-state index < -0.39 is 5.54 Å². The molecule has 1 saturated heterocycles. The molecule has 19 heavy (non-hydrogen) atoms. The number of rotatable bonds is 3. The van der Waals surface area contributed by atoms with Gasteiger partial charge in [-0.15, -0.1) is 0 Å². The zero-order valence-corrected chi connectivity index (χ0v) is 12.0. The first kappa shape index (κ1) is 13.9. The third-order valence-corrected chi connectivity index (χ3v) is 4.13. The Labute approximate surface area is 117 Å². The highest BCUT2D eigenvalue weighted by molar-refractivity contribution is 6.31. The van der Waals surface area contributed by atoms with E-state index in [0.29, 0.717) is 18.0 Å². The van der Waals surface area contributed by atoms with E-state index in [1.807, 2.05) is 32.0 Å². The Morgan fingerprint density at radius 3 is 2.63 bits per heavy atom. The monoisotopic (exact) mass is 280 g/mol. The van der Waals surface area contributed by atoms with Crippen molar-refractivity contribution in [2.75, 3.05) is 0 Å². The van der Waals surface area contributed by atoms with Gasteiger partial charge in [-0.05, 0) is 37.5 Å². The summed E-state index contributed by atoms with van der Waals surface area (Å²) in [7, 11) is 0. The molecule has 5 heteroatoms. The first-order valence-corrected chi connectivity index (χ1v) is 6.64. The molecule has 1 N–H and O–H groups in total. The summed E-state index contributed by atoms with van der Waals surface area (Å²) in [6.45, 7) is 5.95. The highest BCUT2D eigenvalue weighted by atomic mass is 35.5. The number of hydrogen-bond donors (Lipinski definition) is 1. The van der Waals surface area contributed by atoms with Crippen molar-refractivity contribution in [2.24, 2.45) is 0 Å². The number of imide groups is 1. The Morgan fingerprint density at radius 2 is 2.05 bits per heavy atom. The van der Waals surface area contributed by atoms with Crippen LogP contribution in [0.2, 0.25) is 5.02 Å². The minimum Gasteiger partial charge on any atom is -0.306 e. The first-order valence-electron chi connectivity index (χ1n) is 6.26. The van der Waals surface area contributed by atoms with Gasteiger partial charge < -0.3 is 4.90 Å². The Kier molecular flexibility index (Phi) is 3.54. The largest absolute Gasteiger partial charge is 0.325 e. The minimum absolute atomic E-state index is 0.247. The Morgan fingerprint density at radius 1 is 1.37 bits per heavy atom. The summed E-state index contributed by atoms with van der Waals surface area (Å²) in [6, 6.07) is 5.34. The molecule has 1 heterocycles. The molecule has 1 aliphatic heterocycles. The molecule has 3 amide bonds. The number of carbonyl (C=O) groups is 2. The molecule has 0 spiro atoms. The summed E-state index contributed by atoms with van der Waals surface area (Å²) in [6.07, 6.45) is 0.564. The maximum Gasteiger partial charge on any atom is 0.325 e. The number of carbonyl (C=O) groups excluding carboxylic acids is 2. The number of aryl methyl sites for hydroxylation is 1. The van der Waals surface area contributed by atoms with Gasteiger partial charge in [-0.2, -0.15) is 0 Å². The van der Waals surface area contributed by atoms with Gasteiger partial charge in [0.25, 0.3) is 5.91 Å². The van der Waals surface area contributed by atoms with Crippen LogP contribution in [-0.2, 0) is 11.3 Å². The standard InChI is InChI=1S/C14H17ClN2O2/c1-4-14(3)12(18)16-13(19)17(14)8-10-6-5-9(2)7-11(10)15/h5-7H,4,8H2,1-3H3,(H,16,18,19).